The van der Waals surface area contributed by atoms with E-state index >= 15 is 0 Å². The highest BCUT2D eigenvalue weighted by Gasteiger charge is 2.26. The Morgan fingerprint density at radius 2 is 2.15 bits per heavy atom. The van der Waals surface area contributed by atoms with Crippen molar-refractivity contribution in [2.75, 3.05) is 39.1 Å². The summed E-state index contributed by atoms with van der Waals surface area (Å²) in [5.74, 6) is 0.808. The van der Waals surface area contributed by atoms with Crippen LogP contribution in [0, 0.1) is 5.92 Å². The zero-order valence-corrected chi connectivity index (χ0v) is 10.5. The molecule has 1 rings (SSSR count). The van der Waals surface area contributed by atoms with E-state index in [0.29, 0.717) is 0 Å². The van der Waals surface area contributed by atoms with Crippen molar-refractivity contribution in [2.24, 2.45) is 5.92 Å². The van der Waals surface area contributed by atoms with Crippen LogP contribution in [0.5, 0.6) is 0 Å². The van der Waals surface area contributed by atoms with E-state index in [0.717, 1.165) is 17.3 Å². The van der Waals surface area contributed by atoms with E-state index in [1.165, 1.54) is 26.1 Å². The van der Waals surface area contributed by atoms with Gasteiger partial charge in [0.25, 0.3) is 0 Å². The fraction of sp³-hybridized carbons (Fsp3) is 1.00. The van der Waals surface area contributed by atoms with Gasteiger partial charge in [-0.3, -0.25) is 0 Å². The number of nitrogens with zero attached hydrogens (tertiary/aromatic N) is 2. The van der Waals surface area contributed by atoms with Gasteiger partial charge in [-0.05, 0) is 33.0 Å². The molecule has 0 saturated carbocycles. The average Bonchev–Trinajstić information content (AvgIpc) is 2.04. The summed E-state index contributed by atoms with van der Waals surface area (Å²) in [6, 6.07) is 0.784. The second-order valence-electron chi connectivity index (χ2n) is 4.29. The highest BCUT2D eigenvalue weighted by molar-refractivity contribution is 9.09. The number of hydrogen-bond acceptors (Lipinski definition) is 2. The van der Waals surface area contributed by atoms with Crippen molar-refractivity contribution in [1.82, 2.24) is 9.80 Å². The maximum Gasteiger partial charge on any atom is 0.0159 e. The van der Waals surface area contributed by atoms with E-state index in [-0.39, 0.29) is 0 Å². The molecule has 0 radical (unpaired) electrons. The molecule has 0 aromatic heterocycles. The highest BCUT2D eigenvalue weighted by Crippen LogP contribution is 2.19. The van der Waals surface area contributed by atoms with Crippen LogP contribution in [0.2, 0.25) is 0 Å². The molecular formula is C10H21BrN2. The van der Waals surface area contributed by atoms with Gasteiger partial charge < -0.3 is 9.80 Å². The summed E-state index contributed by atoms with van der Waals surface area (Å²) >= 11 is 3.50. The molecule has 0 N–H and O–H groups in total. The number of likely N-dealkylation sites (tertiary alicyclic amines) is 1. The first kappa shape index (κ1) is 11.5. The van der Waals surface area contributed by atoms with E-state index in [9.17, 15) is 0 Å². The van der Waals surface area contributed by atoms with Gasteiger partial charge in [-0.2, -0.15) is 0 Å². The van der Waals surface area contributed by atoms with E-state index in [4.69, 9.17) is 0 Å². The Kier molecular flexibility index (Phi) is 4.70. The molecule has 1 fully saturated rings. The van der Waals surface area contributed by atoms with Crippen molar-refractivity contribution in [3.8, 4) is 0 Å². The number of halogens is 1. The first-order chi connectivity index (χ1) is 6.15. The van der Waals surface area contributed by atoms with Crippen molar-refractivity contribution in [2.45, 2.75) is 19.4 Å². The molecule has 0 amide bonds. The molecule has 1 aliphatic heterocycles. The molecule has 1 heterocycles. The van der Waals surface area contributed by atoms with Gasteiger partial charge in [0.2, 0.25) is 0 Å². The fourth-order valence-electron chi connectivity index (χ4n) is 2.31. The molecule has 3 heteroatoms. The minimum absolute atomic E-state index is 0.784. The minimum Gasteiger partial charge on any atom is -0.306 e. The molecule has 0 aromatic carbocycles. The van der Waals surface area contributed by atoms with Crippen LogP contribution in [-0.2, 0) is 0 Å². The van der Waals surface area contributed by atoms with E-state index in [2.05, 4.69) is 46.7 Å². The largest absolute Gasteiger partial charge is 0.306 e. The normalized spacial score (nSPS) is 31.2. The van der Waals surface area contributed by atoms with Crippen LogP contribution in [0.1, 0.15) is 13.3 Å². The smallest absolute Gasteiger partial charge is 0.0159 e. The molecule has 2 unspecified atom stereocenters. The number of hydrogen-bond donors (Lipinski definition) is 0. The topological polar surface area (TPSA) is 6.48 Å². The Balaban J connectivity index is 2.37. The van der Waals surface area contributed by atoms with E-state index in [1.54, 1.807) is 0 Å². The molecule has 2 atom stereocenters. The van der Waals surface area contributed by atoms with E-state index < -0.39 is 0 Å². The first-order valence-electron chi connectivity index (χ1n) is 5.10. The number of piperidine rings is 1. The average molecular weight is 249 g/mol. The van der Waals surface area contributed by atoms with Crippen molar-refractivity contribution in [1.29, 1.82) is 0 Å². The van der Waals surface area contributed by atoms with Crippen LogP contribution in [0.3, 0.4) is 0 Å². The van der Waals surface area contributed by atoms with Gasteiger partial charge in [0.05, 0.1) is 0 Å². The number of rotatable bonds is 3. The lowest BCUT2D eigenvalue weighted by molar-refractivity contribution is 0.0989. The molecule has 0 bridgehead atoms. The van der Waals surface area contributed by atoms with Gasteiger partial charge in [0.1, 0.15) is 0 Å². The summed E-state index contributed by atoms with van der Waals surface area (Å²) in [4.78, 5) is 4.93. The predicted octanol–water partition coefficient (Wildman–Crippen LogP) is 1.65. The second kappa shape index (κ2) is 5.32. The number of alkyl halides is 1. The molecule has 1 saturated heterocycles. The van der Waals surface area contributed by atoms with Gasteiger partial charge in [0.15, 0.2) is 0 Å². The van der Waals surface area contributed by atoms with Crippen molar-refractivity contribution in [3.63, 3.8) is 0 Å². The van der Waals surface area contributed by atoms with Gasteiger partial charge >= 0.3 is 0 Å². The van der Waals surface area contributed by atoms with Crippen LogP contribution in [0.25, 0.3) is 0 Å². The van der Waals surface area contributed by atoms with Crippen molar-refractivity contribution >= 4 is 15.9 Å². The SMILES string of the molecule is CC1CN(CCBr)CCC1N(C)C. The Hall–Kier alpha value is 0.400. The Labute approximate surface area is 90.4 Å². The first-order valence-corrected chi connectivity index (χ1v) is 6.22. The van der Waals surface area contributed by atoms with Crippen molar-refractivity contribution in [3.05, 3.63) is 0 Å². The highest BCUT2D eigenvalue weighted by atomic mass is 79.9. The Morgan fingerprint density at radius 3 is 2.62 bits per heavy atom. The van der Waals surface area contributed by atoms with Crippen LogP contribution < -0.4 is 0 Å². The summed E-state index contributed by atoms with van der Waals surface area (Å²) in [5.41, 5.74) is 0. The lowest BCUT2D eigenvalue weighted by atomic mass is 9.93. The molecule has 2 nitrogen and oxygen atoms in total. The van der Waals surface area contributed by atoms with Crippen molar-refractivity contribution < 1.29 is 0 Å². The monoisotopic (exact) mass is 248 g/mol. The van der Waals surface area contributed by atoms with E-state index in [1.807, 2.05) is 0 Å². The third-order valence-electron chi connectivity index (χ3n) is 3.01. The van der Waals surface area contributed by atoms with Crippen LogP contribution in [0.4, 0.5) is 0 Å². The third-order valence-corrected chi connectivity index (χ3v) is 3.36. The lowest BCUT2D eigenvalue weighted by Gasteiger charge is -2.39. The second-order valence-corrected chi connectivity index (χ2v) is 5.08. The summed E-state index contributed by atoms with van der Waals surface area (Å²) < 4.78 is 0. The molecule has 0 aliphatic carbocycles. The van der Waals surface area contributed by atoms with Crippen LogP contribution in [0.15, 0.2) is 0 Å². The third kappa shape index (κ3) is 3.22. The molecular weight excluding hydrogens is 228 g/mol. The Bertz CT molecular complexity index is 150. The zero-order chi connectivity index (χ0) is 9.84. The maximum absolute atomic E-state index is 3.50. The molecule has 0 spiro atoms. The fourth-order valence-corrected chi connectivity index (χ4v) is 2.81. The molecule has 0 aromatic rings. The van der Waals surface area contributed by atoms with Gasteiger partial charge in [0, 0.05) is 24.5 Å². The quantitative estimate of drug-likeness (QED) is 0.702. The van der Waals surface area contributed by atoms with Gasteiger partial charge in [-0.25, -0.2) is 0 Å². The summed E-state index contributed by atoms with van der Waals surface area (Å²) in [6.45, 7) is 6.09. The standard InChI is InChI=1S/C10H21BrN2/c1-9-8-13(7-5-11)6-4-10(9)12(2)3/h9-10H,4-8H2,1-3H3. The summed E-state index contributed by atoms with van der Waals surface area (Å²) in [7, 11) is 4.39. The Morgan fingerprint density at radius 1 is 1.46 bits per heavy atom. The zero-order valence-electron chi connectivity index (χ0n) is 8.96. The van der Waals surface area contributed by atoms with Crippen LogP contribution in [-0.4, -0.2) is 54.9 Å². The predicted molar refractivity (Wildman–Crippen MR) is 61.5 cm³/mol. The van der Waals surface area contributed by atoms with Gasteiger partial charge in [-0.15, -0.1) is 0 Å². The van der Waals surface area contributed by atoms with Gasteiger partial charge in [-0.1, -0.05) is 22.9 Å². The molecule has 13 heavy (non-hydrogen) atoms. The molecule has 78 valence electrons. The summed E-state index contributed by atoms with van der Waals surface area (Å²) in [5, 5.41) is 1.10. The maximum atomic E-state index is 3.50. The summed E-state index contributed by atoms with van der Waals surface area (Å²) in [6.07, 6.45) is 1.32. The molecule has 1 aliphatic rings. The lowest BCUT2D eigenvalue weighted by Crippen LogP contribution is -2.48. The van der Waals surface area contributed by atoms with Crippen LogP contribution >= 0.6 is 15.9 Å². The minimum atomic E-state index is 0.784.